The highest BCUT2D eigenvalue weighted by Gasteiger charge is 2.35. The fourth-order valence-corrected chi connectivity index (χ4v) is 1.96. The first-order valence-corrected chi connectivity index (χ1v) is 6.38. The molecule has 0 atom stereocenters. The van der Waals surface area contributed by atoms with Crippen molar-refractivity contribution in [3.05, 3.63) is 29.6 Å². The van der Waals surface area contributed by atoms with E-state index in [0.29, 0.717) is 12.1 Å². The highest BCUT2D eigenvalue weighted by Crippen LogP contribution is 2.33. The number of carbonyl (C=O) groups is 1. The molecule has 2 N–H and O–H groups in total. The molecule has 0 aromatic heterocycles. The fourth-order valence-electron chi connectivity index (χ4n) is 1.96. The number of hydrogen-bond donors (Lipinski definition) is 2. The number of benzene rings is 1. The van der Waals surface area contributed by atoms with Gasteiger partial charge < -0.3 is 15.3 Å². The van der Waals surface area contributed by atoms with Crippen molar-refractivity contribution in [3.8, 4) is 0 Å². The van der Waals surface area contributed by atoms with E-state index in [1.54, 1.807) is 0 Å². The molecule has 0 aliphatic heterocycles. The molecule has 1 aromatic rings. The van der Waals surface area contributed by atoms with Gasteiger partial charge in [-0.2, -0.15) is 13.2 Å². The Labute approximate surface area is 118 Å². The summed E-state index contributed by atoms with van der Waals surface area (Å²) in [5, 5.41) is 11.2. The Morgan fingerprint density at radius 3 is 2.57 bits per heavy atom. The van der Waals surface area contributed by atoms with Crippen LogP contribution in [0.25, 0.3) is 0 Å². The second-order valence-electron chi connectivity index (χ2n) is 4.77. The first-order valence-electron chi connectivity index (χ1n) is 6.38. The van der Waals surface area contributed by atoms with Gasteiger partial charge >= 0.3 is 12.2 Å². The number of aliphatic hydroxyl groups is 1. The van der Waals surface area contributed by atoms with Crippen LogP contribution in [0, 0.1) is 5.82 Å². The zero-order valence-corrected chi connectivity index (χ0v) is 11.0. The van der Waals surface area contributed by atoms with Gasteiger partial charge in [-0.3, -0.25) is 0 Å². The molecule has 0 heterocycles. The topological polar surface area (TPSA) is 52.6 Å². The van der Waals surface area contributed by atoms with Gasteiger partial charge in [0.1, 0.15) is 5.82 Å². The molecule has 0 unspecified atom stereocenters. The van der Waals surface area contributed by atoms with Crippen LogP contribution in [0.4, 0.5) is 28.0 Å². The highest BCUT2D eigenvalue weighted by molar-refractivity contribution is 5.89. The van der Waals surface area contributed by atoms with Crippen LogP contribution < -0.4 is 5.32 Å². The third-order valence-corrected chi connectivity index (χ3v) is 3.11. The van der Waals surface area contributed by atoms with Gasteiger partial charge in [-0.1, -0.05) is 0 Å². The van der Waals surface area contributed by atoms with E-state index in [1.165, 1.54) is 4.90 Å². The second-order valence-corrected chi connectivity index (χ2v) is 4.77. The van der Waals surface area contributed by atoms with E-state index in [9.17, 15) is 22.4 Å². The van der Waals surface area contributed by atoms with Crippen molar-refractivity contribution in [3.63, 3.8) is 0 Å². The van der Waals surface area contributed by atoms with Crippen molar-refractivity contribution in [2.75, 3.05) is 18.5 Å². The Morgan fingerprint density at radius 1 is 1.38 bits per heavy atom. The number of halogens is 4. The number of anilines is 1. The summed E-state index contributed by atoms with van der Waals surface area (Å²) in [5.74, 6) is -1.39. The minimum atomic E-state index is -4.83. The molecule has 0 bridgehead atoms. The minimum Gasteiger partial charge on any atom is -0.395 e. The molecule has 1 aliphatic rings. The van der Waals surface area contributed by atoms with Crippen LogP contribution in [-0.4, -0.2) is 35.2 Å². The van der Waals surface area contributed by atoms with Crippen molar-refractivity contribution >= 4 is 11.7 Å². The van der Waals surface area contributed by atoms with E-state index in [0.717, 1.165) is 18.9 Å². The van der Waals surface area contributed by atoms with Crippen LogP contribution >= 0.6 is 0 Å². The highest BCUT2D eigenvalue weighted by atomic mass is 19.4. The normalized spacial score (nSPS) is 14.9. The number of nitrogens with zero attached hydrogens (tertiary/aromatic N) is 1. The number of amides is 2. The molecule has 0 saturated heterocycles. The second kappa shape index (κ2) is 5.88. The predicted molar refractivity (Wildman–Crippen MR) is 67.2 cm³/mol. The van der Waals surface area contributed by atoms with E-state index in [2.05, 4.69) is 5.32 Å². The van der Waals surface area contributed by atoms with Gasteiger partial charge in [-0.25, -0.2) is 9.18 Å². The maximum atomic E-state index is 13.1. The van der Waals surface area contributed by atoms with Crippen molar-refractivity contribution < 1.29 is 27.5 Å². The van der Waals surface area contributed by atoms with Crippen molar-refractivity contribution in [2.24, 2.45) is 0 Å². The van der Waals surface area contributed by atoms with Crippen molar-refractivity contribution in [1.29, 1.82) is 0 Å². The summed E-state index contributed by atoms with van der Waals surface area (Å²) in [5.41, 5.74) is -1.57. The standard InChI is InChI=1S/C13H14F4N2O2/c14-11-4-1-8(7-10(11)13(15,16)17)18-12(21)19(5-6-20)9-2-3-9/h1,4,7,9,20H,2-3,5-6H2,(H,18,21). The molecule has 2 amide bonds. The smallest absolute Gasteiger partial charge is 0.395 e. The maximum Gasteiger partial charge on any atom is 0.419 e. The lowest BCUT2D eigenvalue weighted by Crippen LogP contribution is -2.38. The lowest BCUT2D eigenvalue weighted by Gasteiger charge is -2.22. The SMILES string of the molecule is O=C(Nc1ccc(F)c(C(F)(F)F)c1)N(CCO)C1CC1. The molecule has 4 nitrogen and oxygen atoms in total. The molecule has 2 rings (SSSR count). The summed E-state index contributed by atoms with van der Waals surface area (Å²) >= 11 is 0. The van der Waals surface area contributed by atoms with E-state index < -0.39 is 23.6 Å². The molecular formula is C13H14F4N2O2. The predicted octanol–water partition coefficient (Wildman–Crippen LogP) is 2.83. The Morgan fingerprint density at radius 2 is 2.05 bits per heavy atom. The summed E-state index contributed by atoms with van der Waals surface area (Å²) in [6, 6.07) is 1.67. The van der Waals surface area contributed by atoms with E-state index in [4.69, 9.17) is 5.11 Å². The molecule has 1 saturated carbocycles. The molecule has 116 valence electrons. The summed E-state index contributed by atoms with van der Waals surface area (Å²) < 4.78 is 50.9. The van der Waals surface area contributed by atoms with E-state index in [-0.39, 0.29) is 24.9 Å². The average molecular weight is 306 g/mol. The molecule has 21 heavy (non-hydrogen) atoms. The summed E-state index contributed by atoms with van der Waals surface area (Å²) in [6.45, 7) is -0.134. The van der Waals surface area contributed by atoms with Gasteiger partial charge in [-0.15, -0.1) is 0 Å². The number of nitrogens with one attached hydrogen (secondary N) is 1. The van der Waals surface area contributed by atoms with Gasteiger partial charge in [0.15, 0.2) is 0 Å². The molecule has 0 radical (unpaired) electrons. The average Bonchev–Trinajstić information content (AvgIpc) is 3.21. The van der Waals surface area contributed by atoms with Crippen molar-refractivity contribution in [1.82, 2.24) is 4.90 Å². The first-order chi connectivity index (χ1) is 9.82. The van der Waals surface area contributed by atoms with Crippen LogP contribution in [0.2, 0.25) is 0 Å². The molecular weight excluding hydrogens is 292 g/mol. The zero-order valence-electron chi connectivity index (χ0n) is 11.0. The zero-order chi connectivity index (χ0) is 15.6. The number of alkyl halides is 3. The fraction of sp³-hybridized carbons (Fsp3) is 0.462. The molecule has 1 aliphatic carbocycles. The van der Waals surface area contributed by atoms with Gasteiger partial charge in [0, 0.05) is 18.3 Å². The third kappa shape index (κ3) is 3.84. The first kappa shape index (κ1) is 15.6. The summed E-state index contributed by atoms with van der Waals surface area (Å²) in [7, 11) is 0. The van der Waals surface area contributed by atoms with Crippen molar-refractivity contribution in [2.45, 2.75) is 25.1 Å². The minimum absolute atomic E-state index is 0.000292. The van der Waals surface area contributed by atoms with Gasteiger partial charge in [-0.05, 0) is 31.0 Å². The van der Waals surface area contributed by atoms with Gasteiger partial charge in [0.25, 0.3) is 0 Å². The van der Waals surface area contributed by atoms with Crippen LogP contribution in [0.5, 0.6) is 0 Å². The number of aliphatic hydroxyl groups excluding tert-OH is 1. The number of carbonyl (C=O) groups excluding carboxylic acids is 1. The van der Waals surface area contributed by atoms with E-state index >= 15 is 0 Å². The molecule has 1 aromatic carbocycles. The van der Waals surface area contributed by atoms with E-state index in [1.807, 2.05) is 0 Å². The number of hydrogen-bond acceptors (Lipinski definition) is 2. The van der Waals surface area contributed by atoms with Gasteiger partial charge in [0.2, 0.25) is 0 Å². The summed E-state index contributed by atoms with van der Waals surface area (Å²) in [6.07, 6.45) is -3.23. The Kier molecular flexibility index (Phi) is 4.36. The Balaban J connectivity index is 2.13. The number of rotatable bonds is 4. The lowest BCUT2D eigenvalue weighted by atomic mass is 10.2. The molecule has 8 heteroatoms. The Bertz CT molecular complexity index is 529. The quantitative estimate of drug-likeness (QED) is 0.841. The van der Waals surface area contributed by atoms with Crippen LogP contribution in [0.3, 0.4) is 0 Å². The molecule has 0 spiro atoms. The summed E-state index contributed by atoms with van der Waals surface area (Å²) in [4.78, 5) is 13.3. The number of urea groups is 1. The molecule has 1 fully saturated rings. The lowest BCUT2D eigenvalue weighted by molar-refractivity contribution is -0.139. The Hall–Kier alpha value is -1.83. The largest absolute Gasteiger partial charge is 0.419 e. The van der Waals surface area contributed by atoms with Crippen LogP contribution in [0.15, 0.2) is 18.2 Å². The monoisotopic (exact) mass is 306 g/mol. The van der Waals surface area contributed by atoms with Gasteiger partial charge in [0.05, 0.1) is 12.2 Å². The van der Waals surface area contributed by atoms with Crippen LogP contribution in [0.1, 0.15) is 18.4 Å². The maximum absolute atomic E-state index is 13.1. The van der Waals surface area contributed by atoms with Crippen LogP contribution in [-0.2, 0) is 6.18 Å². The third-order valence-electron chi connectivity index (χ3n) is 3.11.